The lowest BCUT2D eigenvalue weighted by Crippen LogP contribution is -2.36. The number of hydrogen-bond donors (Lipinski definition) is 0. The van der Waals surface area contributed by atoms with Gasteiger partial charge in [-0.25, -0.2) is 9.37 Å². The number of ether oxygens (including phenoxy) is 1. The Morgan fingerprint density at radius 3 is 2.77 bits per heavy atom. The molecule has 0 aliphatic carbocycles. The molecule has 0 bridgehead atoms. The second-order valence-electron chi connectivity index (χ2n) is 6.37. The van der Waals surface area contributed by atoms with E-state index in [9.17, 15) is 9.18 Å². The van der Waals surface area contributed by atoms with Crippen molar-refractivity contribution in [1.82, 2.24) is 9.88 Å². The molecule has 140 valence electrons. The van der Waals surface area contributed by atoms with Crippen molar-refractivity contribution in [3.63, 3.8) is 0 Å². The van der Waals surface area contributed by atoms with Gasteiger partial charge in [0, 0.05) is 17.2 Å². The molecule has 1 fully saturated rings. The number of likely N-dealkylation sites (tertiary alicyclic amines) is 1. The average molecular weight is 395 g/mol. The van der Waals surface area contributed by atoms with Gasteiger partial charge in [0.25, 0.3) is 0 Å². The largest absolute Gasteiger partial charge is 0.469 e. The first-order valence-corrected chi connectivity index (χ1v) is 10.5. The van der Waals surface area contributed by atoms with Gasteiger partial charge in [-0.05, 0) is 50.0 Å². The van der Waals surface area contributed by atoms with Gasteiger partial charge in [-0.3, -0.25) is 4.79 Å². The Kier molecular flexibility index (Phi) is 7.05. The molecule has 26 heavy (non-hydrogen) atoms. The normalized spacial score (nSPS) is 15.9. The monoisotopic (exact) mass is 394 g/mol. The number of benzene rings is 1. The molecule has 1 aromatic heterocycles. The molecule has 0 N–H and O–H groups in total. The Morgan fingerprint density at radius 1 is 1.35 bits per heavy atom. The van der Waals surface area contributed by atoms with Crippen molar-refractivity contribution in [2.24, 2.45) is 0 Å². The molecule has 1 aromatic carbocycles. The van der Waals surface area contributed by atoms with Gasteiger partial charge in [-0.1, -0.05) is 12.1 Å². The van der Waals surface area contributed by atoms with E-state index in [1.165, 1.54) is 36.1 Å². The van der Waals surface area contributed by atoms with Gasteiger partial charge in [0.15, 0.2) is 0 Å². The summed E-state index contributed by atoms with van der Waals surface area (Å²) < 4.78 is 17.6. The number of nitrogens with zero attached hydrogens (tertiary/aromatic N) is 2. The molecule has 0 saturated carbocycles. The maximum atomic E-state index is 12.9. The zero-order valence-corrected chi connectivity index (χ0v) is 16.5. The summed E-state index contributed by atoms with van der Waals surface area (Å²) in [5, 5.41) is 4.43. The third-order valence-corrected chi connectivity index (χ3v) is 6.76. The number of carbonyl (C=O) groups is 1. The molecule has 4 nitrogen and oxygen atoms in total. The van der Waals surface area contributed by atoms with Crippen molar-refractivity contribution in [1.29, 1.82) is 0 Å². The molecule has 0 radical (unpaired) electrons. The predicted molar refractivity (Wildman–Crippen MR) is 103 cm³/mol. The van der Waals surface area contributed by atoms with Gasteiger partial charge in [-0.2, -0.15) is 0 Å². The van der Waals surface area contributed by atoms with Crippen LogP contribution in [0.5, 0.6) is 0 Å². The Bertz CT molecular complexity index is 713. The van der Waals surface area contributed by atoms with E-state index in [1.54, 1.807) is 0 Å². The highest BCUT2D eigenvalue weighted by molar-refractivity contribution is 8.00. The van der Waals surface area contributed by atoms with E-state index in [1.807, 2.05) is 29.3 Å². The fraction of sp³-hybridized carbons (Fsp3) is 0.474. The lowest BCUT2D eigenvalue weighted by Gasteiger charge is -2.31. The molecule has 2 heterocycles. The summed E-state index contributed by atoms with van der Waals surface area (Å²) >= 11 is 3.34. The smallest absolute Gasteiger partial charge is 0.312 e. The van der Waals surface area contributed by atoms with Crippen molar-refractivity contribution in [2.45, 2.75) is 36.0 Å². The predicted octanol–water partition coefficient (Wildman–Crippen LogP) is 3.80. The Morgan fingerprint density at radius 2 is 2.08 bits per heavy atom. The summed E-state index contributed by atoms with van der Waals surface area (Å²) in [6.07, 6.45) is 3.49. The number of carbonyl (C=O) groups excluding carboxylic acids is 1. The van der Waals surface area contributed by atoms with Crippen molar-refractivity contribution >= 4 is 29.1 Å². The summed E-state index contributed by atoms with van der Waals surface area (Å²) in [7, 11) is 1.40. The van der Waals surface area contributed by atoms with Gasteiger partial charge in [0.2, 0.25) is 0 Å². The second-order valence-corrected chi connectivity index (χ2v) is 8.63. The Balaban J connectivity index is 1.39. The van der Waals surface area contributed by atoms with Crippen LogP contribution in [-0.2, 0) is 22.4 Å². The van der Waals surface area contributed by atoms with Crippen LogP contribution in [0.25, 0.3) is 0 Å². The maximum Gasteiger partial charge on any atom is 0.312 e. The van der Waals surface area contributed by atoms with Gasteiger partial charge in [-0.15, -0.1) is 23.1 Å². The van der Waals surface area contributed by atoms with Gasteiger partial charge < -0.3 is 9.64 Å². The highest BCUT2D eigenvalue weighted by atomic mass is 32.2. The summed E-state index contributed by atoms with van der Waals surface area (Å²) in [5.74, 6) is -0.422. The molecular weight excluding hydrogens is 371 g/mol. The van der Waals surface area contributed by atoms with E-state index in [0.717, 1.165) is 48.9 Å². The second kappa shape index (κ2) is 9.48. The van der Waals surface area contributed by atoms with Crippen LogP contribution in [0.4, 0.5) is 4.39 Å². The van der Waals surface area contributed by atoms with Gasteiger partial charge in [0.1, 0.15) is 15.9 Å². The van der Waals surface area contributed by atoms with Crippen molar-refractivity contribution in [3.05, 3.63) is 46.0 Å². The topological polar surface area (TPSA) is 42.4 Å². The molecule has 0 amide bonds. The molecule has 1 aliphatic heterocycles. The van der Waals surface area contributed by atoms with Crippen LogP contribution in [0.3, 0.4) is 0 Å². The highest BCUT2D eigenvalue weighted by Crippen LogP contribution is 2.31. The van der Waals surface area contributed by atoms with E-state index < -0.39 is 0 Å². The first kappa shape index (κ1) is 19.3. The number of rotatable bonds is 7. The third-order valence-electron chi connectivity index (χ3n) is 4.51. The Labute approximate surface area is 161 Å². The Hall–Kier alpha value is -1.44. The highest BCUT2D eigenvalue weighted by Gasteiger charge is 2.21. The maximum absolute atomic E-state index is 12.9. The van der Waals surface area contributed by atoms with Crippen LogP contribution in [-0.4, -0.2) is 47.8 Å². The molecule has 0 atom stereocenters. The van der Waals surface area contributed by atoms with Crippen molar-refractivity contribution < 1.29 is 13.9 Å². The molecule has 3 rings (SSSR count). The van der Waals surface area contributed by atoms with Gasteiger partial charge >= 0.3 is 5.97 Å². The number of halogens is 1. The number of aromatic nitrogens is 1. The first-order chi connectivity index (χ1) is 12.6. The van der Waals surface area contributed by atoms with Crippen LogP contribution < -0.4 is 0 Å². The first-order valence-electron chi connectivity index (χ1n) is 8.77. The van der Waals surface area contributed by atoms with E-state index >= 15 is 0 Å². The van der Waals surface area contributed by atoms with E-state index in [4.69, 9.17) is 0 Å². The third kappa shape index (κ3) is 5.79. The molecule has 7 heteroatoms. The molecule has 0 spiro atoms. The number of thioether (sulfide) groups is 1. The quantitative estimate of drug-likeness (QED) is 0.669. The SMILES string of the molecule is COC(=O)Cc1nc(SC2CCN(CCc3ccc(F)cc3)CC2)cs1. The van der Waals surface area contributed by atoms with Crippen LogP contribution in [0.1, 0.15) is 23.4 Å². The lowest BCUT2D eigenvalue weighted by molar-refractivity contribution is -0.139. The molecule has 1 saturated heterocycles. The summed E-state index contributed by atoms with van der Waals surface area (Å²) in [6.45, 7) is 3.18. The van der Waals surface area contributed by atoms with Gasteiger partial charge in [0.05, 0.1) is 13.5 Å². The minimum Gasteiger partial charge on any atom is -0.469 e. The molecule has 1 aliphatic rings. The van der Waals surface area contributed by atoms with Crippen molar-refractivity contribution in [2.75, 3.05) is 26.7 Å². The van der Waals surface area contributed by atoms with Crippen LogP contribution in [0.2, 0.25) is 0 Å². The standard InChI is InChI=1S/C19H23FN2O2S2/c1-24-19(23)12-17-21-18(13-25-17)26-16-7-10-22(11-8-16)9-6-14-2-4-15(20)5-3-14/h2-5,13,16H,6-12H2,1H3. The number of hydrogen-bond acceptors (Lipinski definition) is 6. The van der Waals surface area contributed by atoms with Crippen LogP contribution in [0.15, 0.2) is 34.7 Å². The zero-order valence-electron chi connectivity index (χ0n) is 14.8. The minimum absolute atomic E-state index is 0.177. The number of methoxy groups -OCH3 is 1. The van der Waals surface area contributed by atoms with E-state index in [2.05, 4.69) is 14.6 Å². The molecule has 0 unspecified atom stereocenters. The summed E-state index contributed by atoms with van der Waals surface area (Å²) in [5.41, 5.74) is 1.18. The average Bonchev–Trinajstić information content (AvgIpc) is 3.09. The minimum atomic E-state index is -0.245. The fourth-order valence-electron chi connectivity index (χ4n) is 2.98. The number of esters is 1. The lowest BCUT2D eigenvalue weighted by atomic mass is 10.1. The number of piperidine rings is 1. The number of thiazole rings is 1. The molecule has 2 aromatic rings. The summed E-state index contributed by atoms with van der Waals surface area (Å²) in [6, 6.07) is 6.79. The van der Waals surface area contributed by atoms with E-state index in [0.29, 0.717) is 5.25 Å². The van der Waals surface area contributed by atoms with Crippen LogP contribution in [0, 0.1) is 5.82 Å². The van der Waals surface area contributed by atoms with E-state index in [-0.39, 0.29) is 18.2 Å². The zero-order chi connectivity index (χ0) is 18.4. The molecular formula is C19H23FN2O2S2. The van der Waals surface area contributed by atoms with Crippen LogP contribution >= 0.6 is 23.1 Å². The summed E-state index contributed by atoms with van der Waals surface area (Å²) in [4.78, 5) is 18.3. The van der Waals surface area contributed by atoms with Crippen molar-refractivity contribution in [3.8, 4) is 0 Å². The fourth-order valence-corrected chi connectivity index (χ4v) is 5.00.